The van der Waals surface area contributed by atoms with E-state index in [1.54, 1.807) is 12.4 Å². The van der Waals surface area contributed by atoms with Gasteiger partial charge in [0, 0.05) is 29.8 Å². The summed E-state index contributed by atoms with van der Waals surface area (Å²) in [5, 5.41) is 4.15. The maximum absolute atomic E-state index is 11.6. The molecule has 2 heterocycles. The third kappa shape index (κ3) is 2.11. The second-order valence-corrected chi connectivity index (χ2v) is 4.04. The molecule has 6 nitrogen and oxygen atoms in total. The van der Waals surface area contributed by atoms with Gasteiger partial charge in [-0.05, 0) is 17.7 Å². The fourth-order valence-electron chi connectivity index (χ4n) is 1.77. The van der Waals surface area contributed by atoms with E-state index in [9.17, 15) is 4.79 Å². The lowest BCUT2D eigenvalue weighted by molar-refractivity contribution is 0.825. The molecule has 0 unspecified atom stereocenters. The minimum atomic E-state index is -0.283. The minimum Gasteiger partial charge on any atom is -0.399 e. The largest absolute Gasteiger partial charge is 0.399 e. The molecular formula is C13H11N5O. The Kier molecular flexibility index (Phi) is 2.60. The van der Waals surface area contributed by atoms with E-state index in [1.807, 2.05) is 24.3 Å². The van der Waals surface area contributed by atoms with Gasteiger partial charge in [-0.3, -0.25) is 4.79 Å². The summed E-state index contributed by atoms with van der Waals surface area (Å²) in [6.45, 7) is 0. The van der Waals surface area contributed by atoms with Crippen molar-refractivity contribution in [1.82, 2.24) is 19.7 Å². The van der Waals surface area contributed by atoms with E-state index < -0.39 is 0 Å². The first-order valence-corrected chi connectivity index (χ1v) is 5.69. The Morgan fingerprint density at radius 3 is 2.68 bits per heavy atom. The quantitative estimate of drug-likeness (QED) is 0.671. The third-order valence-corrected chi connectivity index (χ3v) is 2.73. The number of nitrogen functional groups attached to an aromatic ring is 1. The molecule has 3 N–H and O–H groups in total. The summed E-state index contributed by atoms with van der Waals surface area (Å²) in [6.07, 6.45) is 6.43. The zero-order chi connectivity index (χ0) is 13.2. The van der Waals surface area contributed by atoms with Gasteiger partial charge in [-0.25, -0.2) is 9.67 Å². The Morgan fingerprint density at radius 1 is 1.16 bits per heavy atom. The molecule has 0 aliphatic heterocycles. The van der Waals surface area contributed by atoms with Crippen LogP contribution in [0.25, 0.3) is 16.9 Å². The number of aromatic amines is 1. The molecule has 0 amide bonds. The van der Waals surface area contributed by atoms with Gasteiger partial charge in [0.05, 0.1) is 6.20 Å². The van der Waals surface area contributed by atoms with Crippen LogP contribution in [-0.4, -0.2) is 19.7 Å². The van der Waals surface area contributed by atoms with E-state index in [0.29, 0.717) is 5.69 Å². The molecule has 0 saturated carbocycles. The summed E-state index contributed by atoms with van der Waals surface area (Å²) in [6, 6.07) is 7.44. The van der Waals surface area contributed by atoms with E-state index in [4.69, 9.17) is 5.73 Å². The highest BCUT2D eigenvalue weighted by molar-refractivity contribution is 5.64. The van der Waals surface area contributed by atoms with E-state index in [2.05, 4.69) is 15.1 Å². The maximum Gasteiger partial charge on any atom is 0.293 e. The standard InChI is InChI=1S/C13H11N5O/c14-11-3-1-9(2-4-11)10-7-17-18(8-10)12-13(19)16-6-5-15-12/h1-8H,14H2,(H,16,19). The van der Waals surface area contributed by atoms with Gasteiger partial charge in [0.15, 0.2) is 0 Å². The maximum atomic E-state index is 11.6. The summed E-state index contributed by atoms with van der Waals surface area (Å²) in [5.41, 5.74) is 7.94. The molecule has 0 fully saturated rings. The highest BCUT2D eigenvalue weighted by Gasteiger charge is 2.06. The van der Waals surface area contributed by atoms with Crippen LogP contribution in [0.15, 0.2) is 53.8 Å². The van der Waals surface area contributed by atoms with Crippen LogP contribution < -0.4 is 11.3 Å². The number of nitrogens with two attached hydrogens (primary N) is 1. The molecular weight excluding hydrogens is 242 g/mol. The molecule has 0 spiro atoms. The zero-order valence-corrected chi connectivity index (χ0v) is 9.95. The highest BCUT2D eigenvalue weighted by Crippen LogP contribution is 2.20. The zero-order valence-electron chi connectivity index (χ0n) is 9.95. The minimum absolute atomic E-state index is 0.240. The van der Waals surface area contributed by atoms with Crippen molar-refractivity contribution >= 4 is 5.69 Å². The summed E-state index contributed by atoms with van der Waals surface area (Å²) in [5.74, 6) is 0.240. The molecule has 0 saturated heterocycles. The molecule has 2 aromatic heterocycles. The molecule has 6 heteroatoms. The number of anilines is 1. The summed E-state index contributed by atoms with van der Waals surface area (Å²) >= 11 is 0. The van der Waals surface area contributed by atoms with Crippen LogP contribution in [0.4, 0.5) is 5.69 Å². The number of benzene rings is 1. The first kappa shape index (κ1) is 11.2. The average molecular weight is 253 g/mol. The van der Waals surface area contributed by atoms with E-state index in [0.717, 1.165) is 11.1 Å². The lowest BCUT2D eigenvalue weighted by Crippen LogP contribution is -2.15. The van der Waals surface area contributed by atoms with Crippen LogP contribution >= 0.6 is 0 Å². The van der Waals surface area contributed by atoms with Crippen molar-refractivity contribution in [3.63, 3.8) is 0 Å². The van der Waals surface area contributed by atoms with E-state index in [-0.39, 0.29) is 11.4 Å². The lowest BCUT2D eigenvalue weighted by atomic mass is 10.1. The number of rotatable bonds is 2. The van der Waals surface area contributed by atoms with Crippen LogP contribution in [-0.2, 0) is 0 Å². The summed E-state index contributed by atoms with van der Waals surface area (Å²) in [7, 11) is 0. The van der Waals surface area contributed by atoms with Crippen molar-refractivity contribution in [3.05, 3.63) is 59.4 Å². The molecule has 0 aliphatic carbocycles. The number of hydrogen-bond donors (Lipinski definition) is 2. The second-order valence-electron chi connectivity index (χ2n) is 4.04. The van der Waals surface area contributed by atoms with Gasteiger partial charge < -0.3 is 10.7 Å². The molecule has 0 radical (unpaired) electrons. The van der Waals surface area contributed by atoms with Crippen molar-refractivity contribution in [1.29, 1.82) is 0 Å². The van der Waals surface area contributed by atoms with Crippen LogP contribution in [0, 0.1) is 0 Å². The van der Waals surface area contributed by atoms with E-state index in [1.165, 1.54) is 17.1 Å². The number of nitrogens with one attached hydrogen (secondary N) is 1. The fraction of sp³-hybridized carbons (Fsp3) is 0. The predicted molar refractivity (Wildman–Crippen MR) is 71.8 cm³/mol. The summed E-state index contributed by atoms with van der Waals surface area (Å²) < 4.78 is 1.45. The van der Waals surface area contributed by atoms with Crippen molar-refractivity contribution in [2.24, 2.45) is 0 Å². The predicted octanol–water partition coefficient (Wildman–Crippen LogP) is 1.20. The fourth-order valence-corrected chi connectivity index (χ4v) is 1.77. The van der Waals surface area contributed by atoms with Gasteiger partial charge in [0.2, 0.25) is 5.82 Å². The Balaban J connectivity index is 2.02. The number of aromatic nitrogens is 4. The van der Waals surface area contributed by atoms with Crippen LogP contribution in [0.2, 0.25) is 0 Å². The Labute approximate surface area is 108 Å². The molecule has 0 atom stereocenters. The van der Waals surface area contributed by atoms with Gasteiger partial charge in [0.25, 0.3) is 5.56 Å². The van der Waals surface area contributed by atoms with Crippen molar-refractivity contribution < 1.29 is 0 Å². The van der Waals surface area contributed by atoms with Gasteiger partial charge in [0.1, 0.15) is 0 Å². The molecule has 1 aromatic carbocycles. The normalized spacial score (nSPS) is 10.5. The van der Waals surface area contributed by atoms with Crippen LogP contribution in [0.3, 0.4) is 0 Å². The molecule has 94 valence electrons. The Bertz CT molecular complexity index is 757. The monoisotopic (exact) mass is 253 g/mol. The van der Waals surface area contributed by atoms with Crippen molar-refractivity contribution in [3.8, 4) is 16.9 Å². The molecule has 0 bridgehead atoms. The average Bonchev–Trinajstić information content (AvgIpc) is 2.89. The lowest BCUT2D eigenvalue weighted by Gasteiger charge is -1.98. The van der Waals surface area contributed by atoms with Gasteiger partial charge >= 0.3 is 0 Å². The number of H-pyrrole nitrogens is 1. The van der Waals surface area contributed by atoms with Crippen molar-refractivity contribution in [2.45, 2.75) is 0 Å². The Morgan fingerprint density at radius 2 is 1.95 bits per heavy atom. The number of hydrogen-bond acceptors (Lipinski definition) is 4. The van der Waals surface area contributed by atoms with Gasteiger partial charge in [-0.1, -0.05) is 12.1 Å². The molecule has 19 heavy (non-hydrogen) atoms. The Hall–Kier alpha value is -2.89. The van der Waals surface area contributed by atoms with Crippen LogP contribution in [0.1, 0.15) is 0 Å². The summed E-state index contributed by atoms with van der Waals surface area (Å²) in [4.78, 5) is 18.2. The number of nitrogens with zero attached hydrogens (tertiary/aromatic N) is 3. The first-order valence-electron chi connectivity index (χ1n) is 5.69. The third-order valence-electron chi connectivity index (χ3n) is 2.73. The topological polar surface area (TPSA) is 89.6 Å². The SMILES string of the molecule is Nc1ccc(-c2cnn(-c3ncc[nH]c3=O)c2)cc1. The molecule has 0 aliphatic rings. The van der Waals surface area contributed by atoms with Gasteiger partial charge in [-0.2, -0.15) is 5.10 Å². The molecule has 3 aromatic rings. The van der Waals surface area contributed by atoms with Crippen molar-refractivity contribution in [2.75, 3.05) is 5.73 Å². The highest BCUT2D eigenvalue weighted by atomic mass is 16.1. The second kappa shape index (κ2) is 4.41. The smallest absolute Gasteiger partial charge is 0.293 e. The van der Waals surface area contributed by atoms with Crippen LogP contribution in [0.5, 0.6) is 0 Å². The van der Waals surface area contributed by atoms with Gasteiger partial charge in [-0.15, -0.1) is 0 Å². The first-order chi connectivity index (χ1) is 9.24. The van der Waals surface area contributed by atoms with E-state index >= 15 is 0 Å². The molecule has 3 rings (SSSR count).